The summed E-state index contributed by atoms with van der Waals surface area (Å²) in [5, 5.41) is 3.84. The summed E-state index contributed by atoms with van der Waals surface area (Å²) in [4.78, 5) is 19.5. The number of benzene rings is 2. The first-order chi connectivity index (χ1) is 15.9. The SMILES string of the molecule is COc1cc2ncnc(Nc3ccc(F)c(Cl)c3)c2cc1-c1ccc(C#CCCC(N)=O)o1. The van der Waals surface area contributed by atoms with Crippen LogP contribution < -0.4 is 15.8 Å². The second kappa shape index (κ2) is 9.59. The van der Waals surface area contributed by atoms with E-state index in [0.29, 0.717) is 51.7 Å². The van der Waals surface area contributed by atoms with Crippen molar-refractivity contribution in [3.8, 4) is 28.9 Å². The Morgan fingerprint density at radius 3 is 2.85 bits per heavy atom. The third kappa shape index (κ3) is 5.05. The van der Waals surface area contributed by atoms with Crippen molar-refractivity contribution in [2.45, 2.75) is 12.8 Å². The molecule has 0 spiro atoms. The van der Waals surface area contributed by atoms with Gasteiger partial charge < -0.3 is 20.2 Å². The van der Waals surface area contributed by atoms with Crippen LogP contribution in [0.2, 0.25) is 5.02 Å². The molecule has 0 saturated heterocycles. The van der Waals surface area contributed by atoms with Crippen LogP contribution in [0.4, 0.5) is 15.9 Å². The maximum atomic E-state index is 13.5. The second-order valence-corrected chi connectivity index (χ2v) is 7.38. The molecule has 0 unspecified atom stereocenters. The predicted octanol–water partition coefficient (Wildman–Crippen LogP) is 5.05. The molecule has 0 radical (unpaired) electrons. The number of halogens is 2. The highest BCUT2D eigenvalue weighted by molar-refractivity contribution is 6.31. The summed E-state index contributed by atoms with van der Waals surface area (Å²) in [6, 6.07) is 11.4. The van der Waals surface area contributed by atoms with E-state index in [2.05, 4.69) is 27.1 Å². The number of aromatic nitrogens is 2. The number of nitrogens with two attached hydrogens (primary N) is 1. The van der Waals surface area contributed by atoms with Gasteiger partial charge in [0.15, 0.2) is 5.76 Å². The Hall–Kier alpha value is -4.09. The highest BCUT2D eigenvalue weighted by Crippen LogP contribution is 2.37. The minimum absolute atomic E-state index is 0.000716. The Morgan fingerprint density at radius 1 is 1.24 bits per heavy atom. The maximum absolute atomic E-state index is 13.5. The van der Waals surface area contributed by atoms with E-state index in [1.165, 1.54) is 18.5 Å². The topological polar surface area (TPSA) is 103 Å². The number of hydrogen-bond donors (Lipinski definition) is 2. The van der Waals surface area contributed by atoms with Crippen LogP contribution in [0.15, 0.2) is 53.2 Å². The molecule has 1 amide bonds. The van der Waals surface area contributed by atoms with Gasteiger partial charge in [-0.25, -0.2) is 14.4 Å². The van der Waals surface area contributed by atoms with Crippen LogP contribution in [0.25, 0.3) is 22.2 Å². The lowest BCUT2D eigenvalue weighted by Gasteiger charge is -2.12. The van der Waals surface area contributed by atoms with Crippen molar-refractivity contribution in [2.75, 3.05) is 12.4 Å². The molecule has 0 aliphatic carbocycles. The molecule has 3 N–H and O–H groups in total. The van der Waals surface area contributed by atoms with Gasteiger partial charge in [0.2, 0.25) is 5.91 Å². The first-order valence-electron chi connectivity index (χ1n) is 9.87. The van der Waals surface area contributed by atoms with Gasteiger partial charge in [-0.2, -0.15) is 0 Å². The zero-order valence-electron chi connectivity index (χ0n) is 17.5. The lowest BCUT2D eigenvalue weighted by molar-refractivity contribution is -0.117. The first-order valence-corrected chi connectivity index (χ1v) is 10.2. The number of methoxy groups -OCH3 is 1. The van der Waals surface area contributed by atoms with E-state index in [-0.39, 0.29) is 11.4 Å². The predicted molar refractivity (Wildman–Crippen MR) is 124 cm³/mol. The molecule has 0 bridgehead atoms. The van der Waals surface area contributed by atoms with Crippen molar-refractivity contribution in [2.24, 2.45) is 5.73 Å². The fourth-order valence-corrected chi connectivity index (χ4v) is 3.32. The normalized spacial score (nSPS) is 10.5. The van der Waals surface area contributed by atoms with Crippen molar-refractivity contribution in [1.29, 1.82) is 0 Å². The molecule has 4 rings (SSSR count). The van der Waals surface area contributed by atoms with Gasteiger partial charge in [-0.15, -0.1) is 0 Å². The number of nitrogens with zero attached hydrogens (tertiary/aromatic N) is 2. The number of carbonyl (C=O) groups excluding carboxylic acids is 1. The van der Waals surface area contributed by atoms with Crippen molar-refractivity contribution >= 4 is 39.9 Å². The lowest BCUT2D eigenvalue weighted by Crippen LogP contribution is -2.08. The number of ether oxygens (including phenoxy) is 1. The van der Waals surface area contributed by atoms with Gasteiger partial charge in [0.25, 0.3) is 0 Å². The summed E-state index contributed by atoms with van der Waals surface area (Å²) in [6.07, 6.45) is 1.96. The molecule has 33 heavy (non-hydrogen) atoms. The average Bonchev–Trinajstić information content (AvgIpc) is 3.27. The van der Waals surface area contributed by atoms with E-state index in [0.717, 1.165) is 0 Å². The van der Waals surface area contributed by atoms with E-state index in [9.17, 15) is 9.18 Å². The van der Waals surface area contributed by atoms with Crippen molar-refractivity contribution in [3.05, 3.63) is 65.4 Å². The fraction of sp³-hybridized carbons (Fsp3) is 0.125. The number of furan rings is 1. The molecule has 0 fully saturated rings. The van der Waals surface area contributed by atoms with Crippen LogP contribution in [-0.2, 0) is 4.79 Å². The van der Waals surface area contributed by atoms with Crippen molar-refractivity contribution in [1.82, 2.24) is 9.97 Å². The Balaban J connectivity index is 1.71. The zero-order valence-corrected chi connectivity index (χ0v) is 18.2. The molecule has 9 heteroatoms. The number of carbonyl (C=O) groups is 1. The number of hydrogen-bond acceptors (Lipinski definition) is 6. The van der Waals surface area contributed by atoms with Crippen LogP contribution in [0.1, 0.15) is 18.6 Å². The number of anilines is 2. The number of primary amides is 1. The Kier molecular flexibility index (Phi) is 6.43. The third-order valence-electron chi connectivity index (χ3n) is 4.72. The van der Waals surface area contributed by atoms with Crippen LogP contribution in [0, 0.1) is 17.7 Å². The van der Waals surface area contributed by atoms with E-state index < -0.39 is 11.7 Å². The van der Waals surface area contributed by atoms with Crippen molar-refractivity contribution < 1.29 is 18.3 Å². The summed E-state index contributed by atoms with van der Waals surface area (Å²) < 4.78 is 24.9. The van der Waals surface area contributed by atoms with Crippen LogP contribution in [-0.4, -0.2) is 23.0 Å². The molecule has 0 saturated carbocycles. The summed E-state index contributed by atoms with van der Waals surface area (Å²) in [5.41, 5.74) is 7.01. The quantitative estimate of drug-likeness (QED) is 0.387. The lowest BCUT2D eigenvalue weighted by atomic mass is 10.1. The van der Waals surface area contributed by atoms with Gasteiger partial charge in [0, 0.05) is 30.0 Å². The van der Waals surface area contributed by atoms with Crippen LogP contribution in [0.5, 0.6) is 5.75 Å². The van der Waals surface area contributed by atoms with Gasteiger partial charge in [-0.05, 0) is 42.3 Å². The van der Waals surface area contributed by atoms with Crippen molar-refractivity contribution in [3.63, 3.8) is 0 Å². The molecule has 2 aromatic heterocycles. The molecular formula is C24H18ClFN4O3. The van der Waals surface area contributed by atoms with Gasteiger partial charge >= 0.3 is 0 Å². The average molecular weight is 465 g/mol. The molecule has 2 heterocycles. The molecule has 0 aliphatic heterocycles. The standard InChI is InChI=1S/C24H18ClFN4O3/c1-32-22-12-20-16(24(29-13-28-20)30-14-6-8-19(26)18(25)10-14)11-17(22)21-9-7-15(33-21)4-2-3-5-23(27)31/h6-13H,3,5H2,1H3,(H2,27,31)(H,28,29,30). The third-order valence-corrected chi connectivity index (χ3v) is 5.01. The summed E-state index contributed by atoms with van der Waals surface area (Å²) in [6.45, 7) is 0. The Morgan fingerprint density at radius 2 is 2.09 bits per heavy atom. The number of rotatable bonds is 6. The Bertz CT molecular complexity index is 1410. The van der Waals surface area contributed by atoms with Gasteiger partial charge in [-0.3, -0.25) is 4.79 Å². The highest BCUT2D eigenvalue weighted by atomic mass is 35.5. The minimum Gasteiger partial charge on any atom is -0.496 e. The van der Waals surface area contributed by atoms with Gasteiger partial charge in [0.05, 0.1) is 23.2 Å². The number of nitrogens with one attached hydrogen (secondary N) is 1. The van der Waals surface area contributed by atoms with E-state index >= 15 is 0 Å². The van der Waals surface area contributed by atoms with E-state index in [4.69, 9.17) is 26.5 Å². The molecular weight excluding hydrogens is 447 g/mol. The van der Waals surface area contributed by atoms with Gasteiger partial charge in [0.1, 0.15) is 29.5 Å². The first kappa shape index (κ1) is 22.1. The summed E-state index contributed by atoms with van der Waals surface area (Å²) >= 11 is 5.90. The molecule has 166 valence electrons. The largest absolute Gasteiger partial charge is 0.496 e. The van der Waals surface area contributed by atoms with E-state index in [1.54, 1.807) is 31.4 Å². The zero-order chi connectivity index (χ0) is 23.4. The smallest absolute Gasteiger partial charge is 0.218 e. The number of fused-ring (bicyclic) bond motifs is 1. The fourth-order valence-electron chi connectivity index (χ4n) is 3.14. The summed E-state index contributed by atoms with van der Waals surface area (Å²) in [7, 11) is 1.55. The van der Waals surface area contributed by atoms with Gasteiger partial charge in [-0.1, -0.05) is 17.5 Å². The second-order valence-electron chi connectivity index (χ2n) is 6.98. The number of amides is 1. The maximum Gasteiger partial charge on any atom is 0.218 e. The Labute approximate surface area is 193 Å². The van der Waals surface area contributed by atoms with E-state index in [1.807, 2.05) is 6.07 Å². The minimum atomic E-state index is -0.506. The summed E-state index contributed by atoms with van der Waals surface area (Å²) in [5.74, 6) is 6.86. The highest BCUT2D eigenvalue weighted by Gasteiger charge is 2.15. The van der Waals surface area contributed by atoms with Crippen LogP contribution in [0.3, 0.4) is 0 Å². The van der Waals surface area contributed by atoms with Crippen LogP contribution >= 0.6 is 11.6 Å². The molecule has 0 atom stereocenters. The molecule has 2 aromatic carbocycles. The molecule has 0 aliphatic rings. The molecule has 4 aromatic rings. The molecule has 7 nitrogen and oxygen atoms in total. The monoisotopic (exact) mass is 464 g/mol.